The molecular formula is C21H27F2N5. The van der Waals surface area contributed by atoms with Crippen LogP contribution in [0.3, 0.4) is 0 Å². The number of nitrogens with zero attached hydrogens (tertiary/aromatic N) is 4. The normalized spacial score (nSPS) is 21.4. The lowest BCUT2D eigenvalue weighted by molar-refractivity contribution is -0.0334. The van der Waals surface area contributed by atoms with Crippen molar-refractivity contribution in [3.05, 3.63) is 35.8 Å². The van der Waals surface area contributed by atoms with E-state index in [4.69, 9.17) is 5.73 Å². The molecule has 0 atom stereocenters. The Bertz CT molecular complexity index is 924. The highest BCUT2D eigenvalue weighted by atomic mass is 19.3. The fraction of sp³-hybridized carbons (Fsp3) is 0.571. The Kier molecular flexibility index (Phi) is 4.14. The first-order valence-corrected chi connectivity index (χ1v) is 9.76. The second-order valence-electron chi connectivity index (χ2n) is 9.64. The van der Waals surface area contributed by atoms with Gasteiger partial charge in [0.2, 0.25) is 0 Å². The number of hydrogen-bond acceptors (Lipinski definition) is 4. The molecular weight excluding hydrogens is 360 g/mol. The molecule has 0 saturated heterocycles. The maximum absolute atomic E-state index is 15.3. The molecule has 0 amide bonds. The maximum Gasteiger partial charge on any atom is 0.294 e. The summed E-state index contributed by atoms with van der Waals surface area (Å²) in [7, 11) is 0. The van der Waals surface area contributed by atoms with Gasteiger partial charge in [0.1, 0.15) is 11.5 Å². The molecule has 2 aromatic rings. The quantitative estimate of drug-likeness (QED) is 0.804. The van der Waals surface area contributed by atoms with Crippen LogP contribution in [0.2, 0.25) is 0 Å². The van der Waals surface area contributed by atoms with Crippen molar-refractivity contribution >= 4 is 11.4 Å². The first-order valence-electron chi connectivity index (χ1n) is 9.76. The summed E-state index contributed by atoms with van der Waals surface area (Å²) < 4.78 is 31.8. The fourth-order valence-electron chi connectivity index (χ4n) is 4.72. The topological polar surface area (TPSA) is 69.6 Å². The molecule has 0 unspecified atom stereocenters. The summed E-state index contributed by atoms with van der Waals surface area (Å²) in [6, 6.07) is 1.67. The van der Waals surface area contributed by atoms with Gasteiger partial charge in [-0.3, -0.25) is 0 Å². The van der Waals surface area contributed by atoms with Gasteiger partial charge in [0.05, 0.1) is 0 Å². The Labute approximate surface area is 164 Å². The van der Waals surface area contributed by atoms with E-state index >= 15 is 8.78 Å². The first-order chi connectivity index (χ1) is 13.0. The van der Waals surface area contributed by atoms with Gasteiger partial charge in [-0.2, -0.15) is 18.6 Å². The average molecular weight is 387 g/mol. The number of nitrogens with two attached hydrogens (primary N) is 1. The van der Waals surface area contributed by atoms with Gasteiger partial charge in [-0.05, 0) is 48.2 Å². The van der Waals surface area contributed by atoms with E-state index in [-0.39, 0.29) is 28.3 Å². The number of nitrogen functional groups attached to an aromatic ring is 1. The Hall–Kier alpha value is -2.31. The van der Waals surface area contributed by atoms with Gasteiger partial charge in [-0.1, -0.05) is 33.8 Å². The van der Waals surface area contributed by atoms with E-state index < -0.39 is 11.8 Å². The summed E-state index contributed by atoms with van der Waals surface area (Å²) in [5.74, 6) is -3.30. The van der Waals surface area contributed by atoms with Crippen molar-refractivity contribution in [1.82, 2.24) is 19.7 Å². The molecule has 2 N–H and O–H groups in total. The Morgan fingerprint density at radius 1 is 1.14 bits per heavy atom. The molecule has 2 heterocycles. The van der Waals surface area contributed by atoms with Crippen molar-refractivity contribution in [1.29, 1.82) is 0 Å². The van der Waals surface area contributed by atoms with Crippen molar-refractivity contribution in [2.75, 3.05) is 5.73 Å². The highest BCUT2D eigenvalue weighted by molar-refractivity contribution is 5.78. The molecule has 2 aliphatic rings. The second kappa shape index (κ2) is 6.09. The van der Waals surface area contributed by atoms with E-state index in [1.54, 1.807) is 18.5 Å². The predicted octanol–water partition coefficient (Wildman–Crippen LogP) is 4.98. The number of allylic oxidation sites excluding steroid dienone is 2. The summed E-state index contributed by atoms with van der Waals surface area (Å²) in [5, 5.41) is 4.26. The molecule has 0 aliphatic heterocycles. The van der Waals surface area contributed by atoms with E-state index in [9.17, 15) is 0 Å². The van der Waals surface area contributed by atoms with Gasteiger partial charge in [0.25, 0.3) is 11.9 Å². The number of hydrogen-bond donors (Lipinski definition) is 1. The molecule has 5 nitrogen and oxygen atoms in total. The minimum atomic E-state index is -3.02. The third-order valence-corrected chi connectivity index (χ3v) is 5.56. The summed E-state index contributed by atoms with van der Waals surface area (Å²) in [5.41, 5.74) is 7.25. The monoisotopic (exact) mass is 387 g/mol. The minimum Gasteiger partial charge on any atom is -0.383 e. The van der Waals surface area contributed by atoms with Crippen LogP contribution in [0.25, 0.3) is 11.5 Å². The lowest BCUT2D eigenvalue weighted by atomic mass is 9.65. The third kappa shape index (κ3) is 3.31. The van der Waals surface area contributed by atoms with Gasteiger partial charge in [-0.15, -0.1) is 0 Å². The van der Waals surface area contributed by atoms with Gasteiger partial charge in [0, 0.05) is 23.9 Å². The number of anilines is 1. The Morgan fingerprint density at radius 2 is 1.79 bits per heavy atom. The van der Waals surface area contributed by atoms with E-state index in [0.29, 0.717) is 24.8 Å². The van der Waals surface area contributed by atoms with Crippen LogP contribution in [-0.4, -0.2) is 19.7 Å². The molecule has 4 rings (SSSR count). The van der Waals surface area contributed by atoms with Crippen molar-refractivity contribution in [3.63, 3.8) is 0 Å². The zero-order valence-electron chi connectivity index (χ0n) is 16.8. The van der Waals surface area contributed by atoms with Gasteiger partial charge in [0.15, 0.2) is 0 Å². The van der Waals surface area contributed by atoms with Gasteiger partial charge >= 0.3 is 0 Å². The minimum absolute atomic E-state index is 0.0164. The Balaban J connectivity index is 1.93. The van der Waals surface area contributed by atoms with E-state index in [1.807, 2.05) is 0 Å². The molecule has 7 heteroatoms. The van der Waals surface area contributed by atoms with Crippen molar-refractivity contribution in [3.8, 4) is 5.95 Å². The first kappa shape index (κ1) is 19.0. The molecule has 150 valence electrons. The summed E-state index contributed by atoms with van der Waals surface area (Å²) in [6.45, 7) is 8.60. The van der Waals surface area contributed by atoms with Crippen LogP contribution in [0.5, 0.6) is 0 Å². The van der Waals surface area contributed by atoms with Crippen molar-refractivity contribution in [2.24, 2.45) is 16.7 Å². The van der Waals surface area contributed by atoms with Crippen LogP contribution in [0, 0.1) is 16.7 Å². The SMILES string of the molecule is CC1(C)C=C(c2c(C(F)(F)C3CC3)nn(-c3ncccn3)c2N)CC(C)(C)C1. The molecule has 1 saturated carbocycles. The molecule has 28 heavy (non-hydrogen) atoms. The average Bonchev–Trinajstić information content (AvgIpc) is 3.36. The van der Waals surface area contributed by atoms with E-state index in [1.165, 1.54) is 4.68 Å². The molecule has 0 aromatic carbocycles. The van der Waals surface area contributed by atoms with Crippen LogP contribution < -0.4 is 5.73 Å². The molecule has 1 fully saturated rings. The van der Waals surface area contributed by atoms with Crippen LogP contribution in [0.4, 0.5) is 14.6 Å². The number of rotatable bonds is 4. The third-order valence-electron chi connectivity index (χ3n) is 5.56. The highest BCUT2D eigenvalue weighted by Crippen LogP contribution is 2.54. The number of alkyl halides is 2. The smallest absolute Gasteiger partial charge is 0.294 e. The molecule has 0 spiro atoms. The van der Waals surface area contributed by atoms with E-state index in [2.05, 4.69) is 48.8 Å². The van der Waals surface area contributed by atoms with Crippen LogP contribution in [-0.2, 0) is 5.92 Å². The number of aromatic nitrogens is 4. The van der Waals surface area contributed by atoms with Gasteiger partial charge in [-0.25, -0.2) is 9.97 Å². The van der Waals surface area contributed by atoms with Crippen LogP contribution in [0.15, 0.2) is 24.5 Å². The zero-order valence-corrected chi connectivity index (χ0v) is 16.8. The standard InChI is InChI=1S/C21H27F2N5/c1-19(2)10-13(11-20(3,4)12-19)15-16(21(22,23)14-6-7-14)27-28(17(15)24)18-25-8-5-9-26-18/h5,8-10,14H,6-7,11-12,24H2,1-4H3. The Morgan fingerprint density at radius 3 is 2.36 bits per heavy atom. The molecule has 0 bridgehead atoms. The largest absolute Gasteiger partial charge is 0.383 e. The molecule has 2 aromatic heterocycles. The lowest BCUT2D eigenvalue weighted by Crippen LogP contribution is -2.28. The lowest BCUT2D eigenvalue weighted by Gasteiger charge is -2.39. The summed E-state index contributed by atoms with van der Waals surface area (Å²) in [6.07, 6.45) is 7.87. The molecule has 0 radical (unpaired) electrons. The summed E-state index contributed by atoms with van der Waals surface area (Å²) in [4.78, 5) is 8.31. The van der Waals surface area contributed by atoms with Gasteiger partial charge < -0.3 is 5.73 Å². The van der Waals surface area contributed by atoms with Crippen molar-refractivity contribution < 1.29 is 8.78 Å². The van der Waals surface area contributed by atoms with Crippen LogP contribution >= 0.6 is 0 Å². The number of halogens is 2. The second-order valence-corrected chi connectivity index (χ2v) is 9.64. The highest BCUT2D eigenvalue weighted by Gasteiger charge is 2.52. The fourth-order valence-corrected chi connectivity index (χ4v) is 4.72. The van der Waals surface area contributed by atoms with Crippen LogP contribution in [0.1, 0.15) is 64.6 Å². The maximum atomic E-state index is 15.3. The molecule has 2 aliphatic carbocycles. The van der Waals surface area contributed by atoms with Crippen molar-refractivity contribution in [2.45, 2.75) is 59.3 Å². The summed E-state index contributed by atoms with van der Waals surface area (Å²) >= 11 is 0. The zero-order chi connectivity index (χ0) is 20.3. The van der Waals surface area contributed by atoms with E-state index in [0.717, 1.165) is 12.0 Å². The predicted molar refractivity (Wildman–Crippen MR) is 105 cm³/mol.